The van der Waals surface area contributed by atoms with Crippen LogP contribution in [0.3, 0.4) is 0 Å². The number of benzene rings is 2. The quantitative estimate of drug-likeness (QED) is 0.558. The van der Waals surface area contributed by atoms with Crippen LogP contribution < -0.4 is 4.90 Å². The van der Waals surface area contributed by atoms with E-state index in [1.54, 1.807) is 35.4 Å². The van der Waals surface area contributed by atoms with Crippen molar-refractivity contribution in [3.63, 3.8) is 0 Å². The van der Waals surface area contributed by atoms with Crippen LogP contribution in [0.25, 0.3) is 10.9 Å². The Hall–Kier alpha value is -3.41. The highest BCUT2D eigenvalue weighted by atomic mass is 16.5. The van der Waals surface area contributed by atoms with Gasteiger partial charge < -0.3 is 14.6 Å². The van der Waals surface area contributed by atoms with Gasteiger partial charge in [0.2, 0.25) is 11.7 Å². The van der Waals surface area contributed by atoms with Crippen LogP contribution in [0.5, 0.6) is 0 Å². The number of ether oxygens (including phenoxy) is 1. The number of rotatable bonds is 5. The van der Waals surface area contributed by atoms with Crippen molar-refractivity contribution in [2.24, 2.45) is 0 Å². The number of nitrogens with one attached hydrogen (secondary N) is 1. The molecule has 1 saturated heterocycles. The third-order valence-electron chi connectivity index (χ3n) is 4.71. The van der Waals surface area contributed by atoms with Gasteiger partial charge in [0.25, 0.3) is 0 Å². The van der Waals surface area contributed by atoms with Crippen molar-refractivity contribution in [3.8, 4) is 0 Å². The van der Waals surface area contributed by atoms with Crippen LogP contribution in [0.1, 0.15) is 33.6 Å². The first-order chi connectivity index (χ1) is 13.1. The van der Waals surface area contributed by atoms with Gasteiger partial charge in [0.1, 0.15) is 0 Å². The number of carbonyl (C=O) groups is 3. The Kier molecular flexibility index (Phi) is 4.46. The number of hydrogen-bond donors (Lipinski definition) is 1. The van der Waals surface area contributed by atoms with E-state index >= 15 is 0 Å². The molecule has 0 spiro atoms. The number of nitrogens with zero attached hydrogens (tertiary/aromatic N) is 1. The van der Waals surface area contributed by atoms with E-state index in [4.69, 9.17) is 4.74 Å². The van der Waals surface area contributed by atoms with Gasteiger partial charge in [-0.3, -0.25) is 9.59 Å². The molecule has 1 N–H and O–H groups in total. The van der Waals surface area contributed by atoms with Crippen LogP contribution in [0, 0.1) is 0 Å². The first kappa shape index (κ1) is 17.0. The summed E-state index contributed by atoms with van der Waals surface area (Å²) >= 11 is 0. The number of ketones is 1. The minimum absolute atomic E-state index is 0.0923. The molecule has 27 heavy (non-hydrogen) atoms. The molecule has 1 fully saturated rings. The largest absolute Gasteiger partial charge is 0.454 e. The summed E-state index contributed by atoms with van der Waals surface area (Å²) in [6.07, 6.45) is 3.03. The number of aromatic amines is 1. The summed E-state index contributed by atoms with van der Waals surface area (Å²) in [5.74, 6) is -0.739. The summed E-state index contributed by atoms with van der Waals surface area (Å²) in [6, 6.07) is 14.1. The monoisotopic (exact) mass is 362 g/mol. The van der Waals surface area contributed by atoms with Gasteiger partial charge in [0.05, 0.1) is 5.56 Å². The van der Waals surface area contributed by atoms with Gasteiger partial charge in [0.15, 0.2) is 6.61 Å². The first-order valence-electron chi connectivity index (χ1n) is 8.80. The highest BCUT2D eigenvalue weighted by Crippen LogP contribution is 2.22. The number of para-hydroxylation sites is 1. The first-order valence-corrected chi connectivity index (χ1v) is 8.80. The Morgan fingerprint density at radius 2 is 1.85 bits per heavy atom. The van der Waals surface area contributed by atoms with Crippen LogP contribution in [-0.4, -0.2) is 35.8 Å². The van der Waals surface area contributed by atoms with Crippen LogP contribution >= 0.6 is 0 Å². The zero-order valence-electron chi connectivity index (χ0n) is 14.6. The molecular formula is C21H18N2O4. The Balaban J connectivity index is 1.40. The molecule has 136 valence electrons. The molecule has 0 radical (unpaired) electrons. The van der Waals surface area contributed by atoms with E-state index in [2.05, 4.69) is 4.98 Å². The maximum absolute atomic E-state index is 12.4. The Morgan fingerprint density at radius 3 is 2.59 bits per heavy atom. The molecule has 1 amide bonds. The summed E-state index contributed by atoms with van der Waals surface area (Å²) in [5, 5.41) is 0.804. The Morgan fingerprint density at radius 1 is 1.07 bits per heavy atom. The molecule has 2 heterocycles. The molecule has 1 aliphatic heterocycles. The molecule has 1 aliphatic rings. The van der Waals surface area contributed by atoms with E-state index in [1.165, 1.54) is 0 Å². The molecule has 6 heteroatoms. The predicted molar refractivity (Wildman–Crippen MR) is 101 cm³/mol. The third kappa shape index (κ3) is 3.33. The molecule has 3 aromatic rings. The lowest BCUT2D eigenvalue weighted by Crippen LogP contribution is -2.23. The second-order valence-electron chi connectivity index (χ2n) is 6.44. The summed E-state index contributed by atoms with van der Waals surface area (Å²) < 4.78 is 5.17. The zero-order chi connectivity index (χ0) is 18.8. The van der Waals surface area contributed by atoms with Gasteiger partial charge in [-0.05, 0) is 36.8 Å². The number of hydrogen-bond acceptors (Lipinski definition) is 4. The molecule has 0 atom stereocenters. The number of esters is 1. The van der Waals surface area contributed by atoms with Gasteiger partial charge in [-0.15, -0.1) is 0 Å². The second kappa shape index (κ2) is 7.07. The zero-order valence-corrected chi connectivity index (χ0v) is 14.6. The third-order valence-corrected chi connectivity index (χ3v) is 4.71. The maximum atomic E-state index is 12.4. The number of fused-ring (bicyclic) bond motifs is 1. The summed E-state index contributed by atoms with van der Waals surface area (Å²) in [6.45, 7) is 0.370. The van der Waals surface area contributed by atoms with Crippen molar-refractivity contribution in [2.45, 2.75) is 12.8 Å². The topological polar surface area (TPSA) is 79.5 Å². The van der Waals surface area contributed by atoms with Gasteiger partial charge >= 0.3 is 5.97 Å². The second-order valence-corrected chi connectivity index (χ2v) is 6.44. The van der Waals surface area contributed by atoms with E-state index in [0.717, 1.165) is 23.0 Å². The maximum Gasteiger partial charge on any atom is 0.338 e. The van der Waals surface area contributed by atoms with Crippen molar-refractivity contribution < 1.29 is 19.1 Å². The number of Topliss-reactive ketones (excluding diaryl/α,β-unsaturated/α-hetero) is 1. The van der Waals surface area contributed by atoms with Crippen LogP contribution in [-0.2, 0) is 9.53 Å². The summed E-state index contributed by atoms with van der Waals surface area (Å²) in [5.41, 5.74) is 2.47. The molecule has 0 unspecified atom stereocenters. The standard InChI is InChI=1S/C21H18N2O4/c24-19(17-12-22-18-5-2-1-4-16(17)18)13-27-21(26)14-7-9-15(10-8-14)23-11-3-6-20(23)25/h1-2,4-5,7-10,12,22H,3,6,11,13H2. The number of H-pyrrole nitrogens is 1. The molecule has 0 aliphatic carbocycles. The van der Waals surface area contributed by atoms with Gasteiger partial charge in [-0.1, -0.05) is 18.2 Å². The Labute approximate surface area is 155 Å². The Bertz CT molecular complexity index is 1020. The SMILES string of the molecule is O=C(OCC(=O)c1c[nH]c2ccccc12)c1ccc(N2CCCC2=O)cc1. The molecule has 1 aromatic heterocycles. The van der Waals surface area contributed by atoms with E-state index in [0.29, 0.717) is 24.1 Å². The van der Waals surface area contributed by atoms with Gasteiger partial charge in [-0.2, -0.15) is 0 Å². The number of amides is 1. The normalized spacial score (nSPS) is 13.9. The fourth-order valence-corrected chi connectivity index (χ4v) is 3.29. The van der Waals surface area contributed by atoms with E-state index < -0.39 is 5.97 Å². The average Bonchev–Trinajstić information content (AvgIpc) is 3.32. The minimum Gasteiger partial charge on any atom is -0.454 e. The number of anilines is 1. The van der Waals surface area contributed by atoms with Crippen molar-refractivity contribution in [3.05, 3.63) is 65.9 Å². The highest BCUT2D eigenvalue weighted by molar-refractivity contribution is 6.09. The fraction of sp³-hybridized carbons (Fsp3) is 0.190. The van der Waals surface area contributed by atoms with Crippen molar-refractivity contribution in [2.75, 3.05) is 18.1 Å². The lowest BCUT2D eigenvalue weighted by molar-refractivity contribution is -0.117. The fourth-order valence-electron chi connectivity index (χ4n) is 3.29. The molecule has 6 nitrogen and oxygen atoms in total. The molecular weight excluding hydrogens is 344 g/mol. The molecule has 4 rings (SSSR count). The molecule has 0 bridgehead atoms. The summed E-state index contributed by atoms with van der Waals surface area (Å²) in [4.78, 5) is 41.1. The van der Waals surface area contributed by atoms with Crippen molar-refractivity contribution in [1.82, 2.24) is 4.98 Å². The number of carbonyl (C=O) groups excluding carboxylic acids is 3. The van der Waals surface area contributed by atoms with E-state index in [9.17, 15) is 14.4 Å². The summed E-state index contributed by atoms with van der Waals surface area (Å²) in [7, 11) is 0. The van der Waals surface area contributed by atoms with E-state index in [1.807, 2.05) is 24.3 Å². The minimum atomic E-state index is -0.567. The lowest BCUT2D eigenvalue weighted by Gasteiger charge is -2.15. The smallest absolute Gasteiger partial charge is 0.338 e. The molecule has 0 saturated carbocycles. The van der Waals surface area contributed by atoms with Crippen molar-refractivity contribution in [1.29, 1.82) is 0 Å². The average molecular weight is 362 g/mol. The van der Waals surface area contributed by atoms with Gasteiger partial charge in [0, 0.05) is 41.3 Å². The van der Waals surface area contributed by atoms with Crippen LogP contribution in [0.2, 0.25) is 0 Å². The highest BCUT2D eigenvalue weighted by Gasteiger charge is 2.22. The van der Waals surface area contributed by atoms with Crippen LogP contribution in [0.15, 0.2) is 54.7 Å². The van der Waals surface area contributed by atoms with Crippen LogP contribution in [0.4, 0.5) is 5.69 Å². The lowest BCUT2D eigenvalue weighted by atomic mass is 10.1. The number of aromatic nitrogens is 1. The predicted octanol–water partition coefficient (Wildman–Crippen LogP) is 3.33. The molecule has 2 aromatic carbocycles. The van der Waals surface area contributed by atoms with Crippen molar-refractivity contribution >= 4 is 34.3 Å². The van der Waals surface area contributed by atoms with Gasteiger partial charge in [-0.25, -0.2) is 4.79 Å². The van der Waals surface area contributed by atoms with E-state index in [-0.39, 0.29) is 18.3 Å².